The fourth-order valence-corrected chi connectivity index (χ4v) is 4.83. The number of carbonyl (C=O) groups excluding carboxylic acids is 3. The van der Waals surface area contributed by atoms with Gasteiger partial charge in [0.05, 0.1) is 13.7 Å². The molecule has 4 rings (SSSR count). The van der Waals surface area contributed by atoms with E-state index >= 15 is 0 Å². The Hall–Kier alpha value is -4.91. The maximum absolute atomic E-state index is 13.2. The summed E-state index contributed by atoms with van der Waals surface area (Å²) in [7, 11) is 1.35. The largest absolute Gasteiger partial charge is 0.494 e. The van der Waals surface area contributed by atoms with Gasteiger partial charge in [0.1, 0.15) is 11.8 Å². The van der Waals surface area contributed by atoms with E-state index in [0.717, 1.165) is 16.8 Å². The summed E-state index contributed by atoms with van der Waals surface area (Å²) in [6.07, 6.45) is 1.47. The second kappa shape index (κ2) is 15.4. The Morgan fingerprint density at radius 2 is 1.58 bits per heavy atom. The topological polar surface area (TPSA) is 84.9 Å². The highest BCUT2D eigenvalue weighted by Crippen LogP contribution is 2.23. The van der Waals surface area contributed by atoms with E-state index in [9.17, 15) is 14.4 Å². The summed E-state index contributed by atoms with van der Waals surface area (Å²) in [4.78, 5) is 40.3. The number of amides is 1. The van der Waals surface area contributed by atoms with Crippen LogP contribution < -0.4 is 15.0 Å². The number of rotatable bonds is 14. The fourth-order valence-electron chi connectivity index (χ4n) is 4.83. The molecule has 0 radical (unpaired) electrons. The number of carbonyl (C=O) groups is 3. The van der Waals surface area contributed by atoms with E-state index in [-0.39, 0.29) is 11.7 Å². The van der Waals surface area contributed by atoms with Gasteiger partial charge >= 0.3 is 5.97 Å². The minimum Gasteiger partial charge on any atom is -0.494 e. The van der Waals surface area contributed by atoms with Crippen LogP contribution in [0.15, 0.2) is 103 Å². The number of ketones is 1. The third kappa shape index (κ3) is 8.55. The second-order valence-electron chi connectivity index (χ2n) is 10.2. The monoisotopic (exact) mass is 578 g/mol. The minimum atomic E-state index is -0.704. The summed E-state index contributed by atoms with van der Waals surface area (Å²) in [5.41, 5.74) is 4.53. The highest BCUT2D eigenvalue weighted by atomic mass is 16.5. The Balaban J connectivity index is 1.36. The quantitative estimate of drug-likeness (QED) is 0.103. The normalized spacial score (nSPS) is 11.3. The first-order chi connectivity index (χ1) is 20.9. The van der Waals surface area contributed by atoms with Gasteiger partial charge < -0.3 is 19.7 Å². The summed E-state index contributed by atoms with van der Waals surface area (Å²) in [6.45, 7) is 4.90. The third-order valence-corrected chi connectivity index (χ3v) is 7.10. The molecule has 0 saturated heterocycles. The number of hydrogen-bond acceptors (Lipinski definition) is 6. The van der Waals surface area contributed by atoms with Crippen molar-refractivity contribution in [3.63, 3.8) is 0 Å². The van der Waals surface area contributed by atoms with Crippen molar-refractivity contribution in [2.75, 3.05) is 30.5 Å². The van der Waals surface area contributed by atoms with Crippen LogP contribution in [0.25, 0.3) is 0 Å². The van der Waals surface area contributed by atoms with Crippen molar-refractivity contribution in [2.24, 2.45) is 0 Å². The van der Waals surface area contributed by atoms with E-state index in [2.05, 4.69) is 5.32 Å². The van der Waals surface area contributed by atoms with Crippen LogP contribution in [0.3, 0.4) is 0 Å². The lowest BCUT2D eigenvalue weighted by Crippen LogP contribution is -2.33. The van der Waals surface area contributed by atoms with Gasteiger partial charge in [0.25, 0.3) is 0 Å². The standard InChI is InChI=1S/C36H38N2O5/c1-4-34(39)38(29-15-10-12-26(2)24-29)22-11-23-43-30-20-18-27(19-21-30)25-33(36(41)42-3)37-32-17-9-8-16-31(32)35(40)28-13-6-5-7-14-28/h5-10,12-21,24,33,37H,4,11,22-23,25H2,1-3H3. The first-order valence-electron chi connectivity index (χ1n) is 14.5. The molecule has 0 heterocycles. The van der Waals surface area contributed by atoms with Crippen LogP contribution in [-0.2, 0) is 20.7 Å². The van der Waals surface area contributed by atoms with Crippen LogP contribution in [0.5, 0.6) is 5.75 Å². The number of benzene rings is 4. The fraction of sp³-hybridized carbons (Fsp3) is 0.250. The average molecular weight is 579 g/mol. The molecule has 222 valence electrons. The lowest BCUT2D eigenvalue weighted by molar-refractivity contribution is -0.141. The first-order valence-corrected chi connectivity index (χ1v) is 14.5. The van der Waals surface area contributed by atoms with Crippen LogP contribution in [0.1, 0.15) is 46.8 Å². The molecule has 7 heteroatoms. The first kappa shape index (κ1) is 31.0. The number of hydrogen-bond donors (Lipinski definition) is 1. The van der Waals surface area contributed by atoms with Gasteiger partial charge in [-0.3, -0.25) is 9.59 Å². The molecule has 1 atom stereocenters. The molecule has 7 nitrogen and oxygen atoms in total. The molecule has 0 saturated carbocycles. The maximum Gasteiger partial charge on any atom is 0.328 e. The van der Waals surface area contributed by atoms with Crippen LogP contribution in [0.4, 0.5) is 11.4 Å². The van der Waals surface area contributed by atoms with Crippen molar-refractivity contribution < 1.29 is 23.9 Å². The zero-order valence-electron chi connectivity index (χ0n) is 24.9. The molecule has 0 aliphatic heterocycles. The lowest BCUT2D eigenvalue weighted by atomic mass is 10.00. The number of esters is 1. The molecule has 43 heavy (non-hydrogen) atoms. The highest BCUT2D eigenvalue weighted by molar-refractivity contribution is 6.12. The summed E-state index contributed by atoms with van der Waals surface area (Å²) in [5, 5.41) is 3.24. The van der Waals surface area contributed by atoms with Crippen molar-refractivity contribution in [1.82, 2.24) is 0 Å². The van der Waals surface area contributed by atoms with E-state index in [1.807, 2.05) is 91.5 Å². The number of ether oxygens (including phenoxy) is 2. The molecule has 1 N–H and O–H groups in total. The molecule has 0 aliphatic carbocycles. The molecule has 4 aromatic carbocycles. The molecule has 4 aromatic rings. The molecule has 0 bridgehead atoms. The summed E-state index contributed by atoms with van der Waals surface area (Å²) in [6, 6.07) is 31.0. The summed E-state index contributed by atoms with van der Waals surface area (Å²) in [5.74, 6) is 0.224. The Morgan fingerprint density at radius 1 is 0.860 bits per heavy atom. The number of methoxy groups -OCH3 is 1. The van der Waals surface area contributed by atoms with Gasteiger partial charge in [-0.15, -0.1) is 0 Å². The molecule has 0 spiro atoms. The lowest BCUT2D eigenvalue weighted by Gasteiger charge is -2.23. The Kier molecular flexibility index (Phi) is 11.1. The highest BCUT2D eigenvalue weighted by Gasteiger charge is 2.23. The molecule has 1 amide bonds. The number of nitrogens with one attached hydrogen (secondary N) is 1. The zero-order valence-corrected chi connectivity index (χ0v) is 24.9. The maximum atomic E-state index is 13.2. The number of anilines is 2. The van der Waals surface area contributed by atoms with Crippen LogP contribution in [0, 0.1) is 6.92 Å². The van der Waals surface area contributed by atoms with E-state index in [0.29, 0.717) is 55.0 Å². The zero-order chi connectivity index (χ0) is 30.6. The van der Waals surface area contributed by atoms with E-state index < -0.39 is 12.0 Å². The van der Waals surface area contributed by atoms with Crippen molar-refractivity contribution in [1.29, 1.82) is 0 Å². The molecule has 1 unspecified atom stereocenters. The van der Waals surface area contributed by atoms with Crippen LogP contribution in [-0.4, -0.2) is 44.0 Å². The Morgan fingerprint density at radius 3 is 2.28 bits per heavy atom. The van der Waals surface area contributed by atoms with Crippen molar-refractivity contribution in [3.8, 4) is 5.75 Å². The summed E-state index contributed by atoms with van der Waals surface area (Å²) < 4.78 is 11.0. The SMILES string of the molecule is CCC(=O)N(CCCOc1ccc(CC(Nc2ccccc2C(=O)c2ccccc2)C(=O)OC)cc1)c1cccc(C)c1. The second-order valence-corrected chi connectivity index (χ2v) is 10.2. The minimum absolute atomic E-state index is 0.0794. The van der Waals surface area contributed by atoms with Gasteiger partial charge in [0, 0.05) is 41.9 Å². The van der Waals surface area contributed by atoms with Gasteiger partial charge in [0.15, 0.2) is 5.78 Å². The predicted octanol–water partition coefficient (Wildman–Crippen LogP) is 6.63. The number of aryl methyl sites for hydroxylation is 1. The van der Waals surface area contributed by atoms with Crippen LogP contribution >= 0.6 is 0 Å². The Bertz CT molecular complexity index is 1520. The molecule has 0 aromatic heterocycles. The van der Waals surface area contributed by atoms with Gasteiger partial charge in [-0.25, -0.2) is 4.79 Å². The van der Waals surface area contributed by atoms with E-state index in [4.69, 9.17) is 9.47 Å². The number of nitrogens with zero attached hydrogens (tertiary/aromatic N) is 1. The molecular weight excluding hydrogens is 540 g/mol. The Labute approximate surface area is 253 Å². The van der Waals surface area contributed by atoms with Crippen molar-refractivity contribution >= 4 is 29.0 Å². The van der Waals surface area contributed by atoms with Gasteiger partial charge in [-0.2, -0.15) is 0 Å². The molecule has 0 fully saturated rings. The van der Waals surface area contributed by atoms with Crippen molar-refractivity contribution in [3.05, 3.63) is 125 Å². The average Bonchev–Trinajstić information content (AvgIpc) is 3.04. The van der Waals surface area contributed by atoms with Gasteiger partial charge in [-0.05, 0) is 60.9 Å². The molecule has 0 aliphatic rings. The smallest absolute Gasteiger partial charge is 0.328 e. The van der Waals surface area contributed by atoms with Crippen LogP contribution in [0.2, 0.25) is 0 Å². The van der Waals surface area contributed by atoms with Gasteiger partial charge in [0.2, 0.25) is 5.91 Å². The molecular formula is C36H38N2O5. The van der Waals surface area contributed by atoms with E-state index in [1.165, 1.54) is 7.11 Å². The summed E-state index contributed by atoms with van der Waals surface area (Å²) >= 11 is 0. The van der Waals surface area contributed by atoms with E-state index in [1.54, 1.807) is 30.3 Å². The number of para-hydroxylation sites is 1. The third-order valence-electron chi connectivity index (χ3n) is 7.10. The van der Waals surface area contributed by atoms with Crippen molar-refractivity contribution in [2.45, 2.75) is 39.2 Å². The van der Waals surface area contributed by atoms with Gasteiger partial charge in [-0.1, -0.05) is 73.7 Å². The predicted molar refractivity (Wildman–Crippen MR) is 170 cm³/mol.